The summed E-state index contributed by atoms with van der Waals surface area (Å²) >= 11 is 0. The Kier molecular flexibility index (Phi) is 6.00. The van der Waals surface area contributed by atoms with Crippen LogP contribution in [0, 0.1) is 5.82 Å². The van der Waals surface area contributed by atoms with E-state index in [1.165, 1.54) is 6.07 Å². The van der Waals surface area contributed by atoms with Crippen molar-refractivity contribution in [3.05, 3.63) is 77.6 Å². The molecule has 1 heterocycles. The summed E-state index contributed by atoms with van der Waals surface area (Å²) in [6.07, 6.45) is 1.14. The average Bonchev–Trinajstić information content (AvgIpc) is 2.92. The van der Waals surface area contributed by atoms with Crippen molar-refractivity contribution in [2.45, 2.75) is 38.4 Å². The maximum Gasteiger partial charge on any atom is 0.249 e. The van der Waals surface area contributed by atoms with Crippen molar-refractivity contribution < 1.29 is 14.0 Å². The minimum absolute atomic E-state index is 0.0942. The van der Waals surface area contributed by atoms with Crippen molar-refractivity contribution >= 4 is 28.3 Å². The van der Waals surface area contributed by atoms with Crippen molar-refractivity contribution in [2.75, 3.05) is 11.9 Å². The Hall–Kier alpha value is -3.25. The van der Waals surface area contributed by atoms with E-state index in [9.17, 15) is 14.0 Å². The van der Waals surface area contributed by atoms with E-state index < -0.39 is 12.1 Å². The number of hydrogen-bond donors (Lipinski definition) is 2. The van der Waals surface area contributed by atoms with Crippen molar-refractivity contribution in [1.29, 1.82) is 0 Å². The number of halogens is 1. The van der Waals surface area contributed by atoms with Crippen LogP contribution in [0.25, 0.3) is 10.8 Å². The van der Waals surface area contributed by atoms with Crippen molar-refractivity contribution in [2.24, 2.45) is 0 Å². The molecule has 3 aromatic rings. The van der Waals surface area contributed by atoms with E-state index >= 15 is 0 Å². The predicted molar refractivity (Wildman–Crippen MR) is 120 cm³/mol. The number of anilines is 1. The van der Waals surface area contributed by atoms with E-state index in [1.807, 2.05) is 48.5 Å². The monoisotopic (exact) mass is 419 g/mol. The summed E-state index contributed by atoms with van der Waals surface area (Å²) in [4.78, 5) is 27.7. The van der Waals surface area contributed by atoms with Gasteiger partial charge in [-0.3, -0.25) is 9.59 Å². The van der Waals surface area contributed by atoms with E-state index in [-0.39, 0.29) is 24.2 Å². The van der Waals surface area contributed by atoms with Crippen LogP contribution in [0.15, 0.2) is 60.7 Å². The zero-order valence-corrected chi connectivity index (χ0v) is 17.7. The average molecular weight is 420 g/mol. The van der Waals surface area contributed by atoms with Gasteiger partial charge in [-0.2, -0.15) is 0 Å². The molecule has 0 radical (unpaired) electrons. The molecule has 31 heavy (non-hydrogen) atoms. The van der Waals surface area contributed by atoms with E-state index in [0.717, 1.165) is 22.0 Å². The Labute approximate surface area is 181 Å². The summed E-state index contributed by atoms with van der Waals surface area (Å²) in [6.45, 7) is 1.84. The minimum Gasteiger partial charge on any atom is -0.343 e. The molecule has 6 heteroatoms. The van der Waals surface area contributed by atoms with Gasteiger partial charge >= 0.3 is 0 Å². The molecule has 0 spiro atoms. The van der Waals surface area contributed by atoms with Gasteiger partial charge < -0.3 is 15.5 Å². The second-order valence-corrected chi connectivity index (χ2v) is 7.91. The molecule has 1 aliphatic rings. The molecule has 0 aliphatic carbocycles. The van der Waals surface area contributed by atoms with Crippen LogP contribution < -0.4 is 15.5 Å². The SMILES string of the molecule is CN[C@@H](C)C(=O)NC1CCc2ccccc2N(Cc2c(F)ccc3ccccc23)C1=O. The molecule has 0 aromatic heterocycles. The number of rotatable bonds is 5. The third-order valence-corrected chi connectivity index (χ3v) is 5.99. The zero-order valence-electron chi connectivity index (χ0n) is 17.7. The summed E-state index contributed by atoms with van der Waals surface area (Å²) < 4.78 is 14.9. The molecule has 2 amide bonds. The molecule has 0 fully saturated rings. The lowest BCUT2D eigenvalue weighted by Gasteiger charge is -2.27. The molecule has 0 saturated heterocycles. The lowest BCUT2D eigenvalue weighted by atomic mass is 10.0. The molecule has 5 nitrogen and oxygen atoms in total. The first-order valence-corrected chi connectivity index (χ1v) is 10.5. The third kappa shape index (κ3) is 4.16. The highest BCUT2D eigenvalue weighted by Gasteiger charge is 2.32. The molecule has 0 bridgehead atoms. The first-order valence-electron chi connectivity index (χ1n) is 10.5. The molecule has 4 rings (SSSR count). The summed E-state index contributed by atoms with van der Waals surface area (Å²) in [5, 5.41) is 7.47. The van der Waals surface area contributed by atoms with Crippen LogP contribution in [0.3, 0.4) is 0 Å². The van der Waals surface area contributed by atoms with Gasteiger partial charge in [-0.15, -0.1) is 0 Å². The second kappa shape index (κ2) is 8.86. The van der Waals surface area contributed by atoms with Gasteiger partial charge in [-0.05, 0) is 55.3 Å². The van der Waals surface area contributed by atoms with Gasteiger partial charge in [-0.25, -0.2) is 4.39 Å². The largest absolute Gasteiger partial charge is 0.343 e. The first kappa shape index (κ1) is 21.0. The van der Waals surface area contributed by atoms with Gasteiger partial charge in [0.2, 0.25) is 11.8 Å². The van der Waals surface area contributed by atoms with Crippen molar-refractivity contribution in [1.82, 2.24) is 10.6 Å². The number of fused-ring (bicyclic) bond motifs is 2. The lowest BCUT2D eigenvalue weighted by molar-refractivity contribution is -0.128. The summed E-state index contributed by atoms with van der Waals surface area (Å²) in [7, 11) is 1.70. The van der Waals surface area contributed by atoms with Gasteiger partial charge in [0.05, 0.1) is 12.6 Å². The molecular weight excluding hydrogens is 393 g/mol. The van der Waals surface area contributed by atoms with E-state index in [4.69, 9.17) is 0 Å². The lowest BCUT2D eigenvalue weighted by Crippen LogP contribution is -2.52. The van der Waals surface area contributed by atoms with Crippen LogP contribution in [0.4, 0.5) is 10.1 Å². The van der Waals surface area contributed by atoms with Gasteiger partial charge in [0, 0.05) is 11.3 Å². The fraction of sp³-hybridized carbons (Fsp3) is 0.280. The normalized spacial score (nSPS) is 17.2. The van der Waals surface area contributed by atoms with Crippen molar-refractivity contribution in [3.63, 3.8) is 0 Å². The van der Waals surface area contributed by atoms with E-state index in [2.05, 4.69) is 10.6 Å². The molecular formula is C25H26FN3O2. The quantitative estimate of drug-likeness (QED) is 0.665. The molecule has 2 atom stereocenters. The van der Waals surface area contributed by atoms with Crippen LogP contribution in [0.5, 0.6) is 0 Å². The first-order chi connectivity index (χ1) is 15.0. The van der Waals surface area contributed by atoms with Crippen molar-refractivity contribution in [3.8, 4) is 0 Å². The summed E-state index contributed by atoms with van der Waals surface area (Å²) in [5.41, 5.74) is 2.24. The number of nitrogens with one attached hydrogen (secondary N) is 2. The molecule has 1 aliphatic heterocycles. The van der Waals surface area contributed by atoms with Gasteiger partial charge in [0.15, 0.2) is 0 Å². The fourth-order valence-corrected chi connectivity index (χ4v) is 4.07. The second-order valence-electron chi connectivity index (χ2n) is 7.91. The van der Waals surface area contributed by atoms with Crippen LogP contribution in [-0.4, -0.2) is 30.9 Å². The van der Waals surface area contributed by atoms with Crippen LogP contribution in [0.2, 0.25) is 0 Å². The maximum atomic E-state index is 14.9. The number of benzene rings is 3. The number of aryl methyl sites for hydroxylation is 1. The van der Waals surface area contributed by atoms with Crippen LogP contribution in [0.1, 0.15) is 24.5 Å². The molecule has 2 N–H and O–H groups in total. The summed E-state index contributed by atoms with van der Waals surface area (Å²) in [5.74, 6) is -0.811. The Bertz CT molecular complexity index is 1130. The number of hydrogen-bond acceptors (Lipinski definition) is 3. The number of likely N-dealkylation sites (N-methyl/N-ethyl adjacent to an activating group) is 1. The number of nitrogens with zero attached hydrogens (tertiary/aromatic N) is 1. The molecule has 0 saturated carbocycles. The molecule has 1 unspecified atom stereocenters. The number of carbonyl (C=O) groups is 2. The number of amides is 2. The fourth-order valence-electron chi connectivity index (χ4n) is 4.07. The summed E-state index contributed by atoms with van der Waals surface area (Å²) in [6, 6.07) is 17.4. The van der Waals surface area contributed by atoms with Gasteiger partial charge in [-0.1, -0.05) is 48.5 Å². The predicted octanol–water partition coefficient (Wildman–Crippen LogP) is 3.55. The van der Waals surface area contributed by atoms with E-state index in [1.54, 1.807) is 24.9 Å². The van der Waals surface area contributed by atoms with Gasteiger partial charge in [0.25, 0.3) is 0 Å². The zero-order chi connectivity index (χ0) is 22.0. The highest BCUT2D eigenvalue weighted by Crippen LogP contribution is 2.31. The van der Waals surface area contributed by atoms with Gasteiger partial charge in [0.1, 0.15) is 11.9 Å². The minimum atomic E-state index is -0.672. The highest BCUT2D eigenvalue weighted by molar-refractivity contribution is 6.01. The topological polar surface area (TPSA) is 61.4 Å². The Morgan fingerprint density at radius 1 is 1.13 bits per heavy atom. The highest BCUT2D eigenvalue weighted by atomic mass is 19.1. The molecule has 160 valence electrons. The third-order valence-electron chi connectivity index (χ3n) is 5.99. The number of para-hydroxylation sites is 1. The Balaban J connectivity index is 1.74. The maximum absolute atomic E-state index is 14.9. The Morgan fingerprint density at radius 2 is 1.87 bits per heavy atom. The van der Waals surface area contributed by atoms with Crippen LogP contribution >= 0.6 is 0 Å². The smallest absolute Gasteiger partial charge is 0.249 e. The standard InChI is InChI=1S/C25H26FN3O2/c1-16(27-2)24(30)28-22-14-12-18-8-4-6-10-23(18)29(25(22)31)15-20-19-9-5-3-7-17(19)11-13-21(20)26/h3-11,13,16,22,27H,12,14-15H2,1-2H3,(H,28,30)/t16-,22?/m0/s1. The number of carbonyl (C=O) groups excluding carboxylic acids is 2. The van der Waals surface area contributed by atoms with Crippen LogP contribution in [-0.2, 0) is 22.6 Å². The van der Waals surface area contributed by atoms with E-state index in [0.29, 0.717) is 18.4 Å². The molecule has 3 aromatic carbocycles. The Morgan fingerprint density at radius 3 is 2.68 bits per heavy atom.